The van der Waals surface area contributed by atoms with Crippen molar-refractivity contribution in [3.05, 3.63) is 91.0 Å². The van der Waals surface area contributed by atoms with Gasteiger partial charge in [-0.2, -0.15) is 0 Å². The van der Waals surface area contributed by atoms with Gasteiger partial charge in [-0.05, 0) is 47.4 Å². The second-order valence-electron chi connectivity index (χ2n) is 5.49. The van der Waals surface area contributed by atoms with Gasteiger partial charge in [-0.3, -0.25) is 4.52 Å². The number of hydrogen-bond acceptors (Lipinski definition) is 7. The molecule has 0 heterocycles. The van der Waals surface area contributed by atoms with Crippen molar-refractivity contribution in [1.29, 1.82) is 0 Å². The molecule has 7 nitrogen and oxygen atoms in total. The number of hydrogen-bond donors (Lipinski definition) is 0. The van der Waals surface area contributed by atoms with E-state index in [2.05, 4.69) is 0 Å². The molecular weight excluding hydrogens is 474 g/mol. The molecule has 0 N–H and O–H groups in total. The van der Waals surface area contributed by atoms with Crippen LogP contribution in [0.15, 0.2) is 91.0 Å². The van der Waals surface area contributed by atoms with Gasteiger partial charge in [0.25, 0.3) is 0 Å². The molecule has 0 aliphatic carbocycles. The molecule has 0 aromatic heterocycles. The van der Waals surface area contributed by atoms with Gasteiger partial charge in [0.05, 0.1) is 0 Å². The minimum absolute atomic E-state index is 0.527. The highest BCUT2D eigenvalue weighted by Gasteiger charge is 2.23. The maximum atomic E-state index is 11.5. The van der Waals surface area contributed by atoms with Gasteiger partial charge in [-0.1, -0.05) is 75.4 Å². The van der Waals surface area contributed by atoms with E-state index in [1.807, 2.05) is 76.8 Å². The largest absolute Gasteiger partial charge is 0.805 e. The third kappa shape index (κ3) is 17.2. The van der Waals surface area contributed by atoms with Crippen LogP contribution in [0.5, 0.6) is 17.2 Å². The number of benzene rings is 3. The molecule has 0 bridgehead atoms. The number of rotatable bonds is 8. The first-order valence-corrected chi connectivity index (χ1v) is 12.8. The summed E-state index contributed by atoms with van der Waals surface area (Å²) in [6.45, 7) is 9.99. The molecule has 3 aromatic carbocycles. The van der Waals surface area contributed by atoms with E-state index in [9.17, 15) is 9.13 Å². The normalized spacial score (nSPS) is 8.74. The average Bonchev–Trinajstić information content (AvgIpc) is 2.90. The molecule has 3 aromatic rings. The van der Waals surface area contributed by atoms with Gasteiger partial charge in [0.15, 0.2) is 23.4 Å². The Hall–Kier alpha value is -3.40. The second-order valence-corrected chi connectivity index (χ2v) is 7.60. The van der Waals surface area contributed by atoms with E-state index in [0.29, 0.717) is 23.4 Å². The molecule has 34 heavy (non-hydrogen) atoms. The van der Waals surface area contributed by atoms with Crippen molar-refractivity contribution in [2.45, 2.75) is 27.2 Å². The van der Waals surface area contributed by atoms with E-state index >= 15 is 0 Å². The van der Waals surface area contributed by atoms with Crippen LogP contribution in [0, 0.1) is 0 Å². The van der Waals surface area contributed by atoms with E-state index in [4.69, 9.17) is 23.2 Å². The van der Waals surface area contributed by atoms with Gasteiger partial charge >= 0.3 is 16.3 Å². The molecule has 3 rings (SSSR count). The van der Waals surface area contributed by atoms with Crippen molar-refractivity contribution in [2.24, 2.45) is 0 Å². The summed E-state index contributed by atoms with van der Waals surface area (Å²) in [6.07, 6.45) is 1.52. The summed E-state index contributed by atoms with van der Waals surface area (Å²) >= 11 is 0. The van der Waals surface area contributed by atoms with Crippen LogP contribution in [-0.2, 0) is 18.7 Å². The minimum Gasteiger partial charge on any atom is -0.307 e. The fourth-order valence-electron chi connectivity index (χ4n) is 1.98. The Morgan fingerprint density at radius 2 is 0.882 bits per heavy atom. The van der Waals surface area contributed by atoms with Gasteiger partial charge in [0.1, 0.15) is 13.6 Å². The maximum Gasteiger partial charge on any atom is 0.805 e. The van der Waals surface area contributed by atoms with Gasteiger partial charge < -0.3 is 9.59 Å². The summed E-state index contributed by atoms with van der Waals surface area (Å²) in [7, 11) is -3.69. The Kier molecular flexibility index (Phi) is 23.4. The van der Waals surface area contributed by atoms with E-state index < -0.39 is 16.3 Å². The smallest absolute Gasteiger partial charge is 0.307 e. The zero-order valence-electron chi connectivity index (χ0n) is 19.7. The van der Waals surface area contributed by atoms with Crippen LogP contribution < -0.4 is 13.6 Å². The van der Waals surface area contributed by atoms with E-state index in [1.54, 1.807) is 48.5 Å². The van der Waals surface area contributed by atoms with Crippen molar-refractivity contribution in [3.8, 4) is 17.2 Å². The molecule has 1 unspecified atom stereocenters. The van der Waals surface area contributed by atoms with E-state index in [-0.39, 0.29) is 0 Å². The molecule has 0 aliphatic rings. The lowest BCUT2D eigenvalue weighted by Crippen LogP contribution is -1.87. The van der Waals surface area contributed by atoms with Crippen molar-refractivity contribution >= 4 is 29.9 Å². The predicted molar refractivity (Wildman–Crippen MR) is 137 cm³/mol. The lowest BCUT2D eigenvalue weighted by Gasteiger charge is -1.92. The van der Waals surface area contributed by atoms with Crippen LogP contribution in [0.2, 0.25) is 0 Å². The number of carbonyl (C=O) groups is 2. The summed E-state index contributed by atoms with van der Waals surface area (Å²) in [5, 5.41) is 0. The molecule has 0 amide bonds. The van der Waals surface area contributed by atoms with Crippen molar-refractivity contribution in [2.75, 3.05) is 6.16 Å². The van der Waals surface area contributed by atoms with Crippen LogP contribution in [-0.4, -0.2) is 19.7 Å². The third-order valence-electron chi connectivity index (χ3n) is 3.20. The molecule has 0 fully saturated rings. The molecule has 0 spiro atoms. The minimum atomic E-state index is -2.18. The average molecular weight is 506 g/mol. The molecule has 0 radical (unpaired) electrons. The van der Waals surface area contributed by atoms with Crippen molar-refractivity contribution < 1.29 is 32.3 Å². The van der Waals surface area contributed by atoms with E-state index in [1.165, 1.54) is 0 Å². The van der Waals surface area contributed by atoms with Crippen LogP contribution in [0.3, 0.4) is 0 Å². The summed E-state index contributed by atoms with van der Waals surface area (Å²) in [5.41, 5.74) is 0. The standard InChI is InChI=1S/C12H10O3P.C9H12O2P.C2H6.2CH2O/c13-16(14-11-7-3-1-4-8-11)15-12-9-5-2-6-10-12;1-2-8-12(10)11-9-6-4-3-5-7-9;3*1-2/h1-10H;3-7H,2,8H2,1H3;1-2H3;2*1H2/q2*+1;;;. The van der Waals surface area contributed by atoms with Crippen LogP contribution in [0.1, 0.15) is 27.2 Å². The Bertz CT molecular complexity index is 834. The second kappa shape index (κ2) is 24.2. The first-order chi connectivity index (χ1) is 16.7. The fraction of sp³-hybridized carbons (Fsp3) is 0.200. The first kappa shape index (κ1) is 32.8. The summed E-state index contributed by atoms with van der Waals surface area (Å²) < 4.78 is 38.0. The van der Waals surface area contributed by atoms with Gasteiger partial charge in [0, 0.05) is 4.57 Å². The van der Waals surface area contributed by atoms with Gasteiger partial charge in [-0.15, -0.1) is 0 Å². The summed E-state index contributed by atoms with van der Waals surface area (Å²) in [5.74, 6) is 1.74. The predicted octanol–water partition coefficient (Wildman–Crippen LogP) is 7.68. The van der Waals surface area contributed by atoms with Gasteiger partial charge in [-0.25, -0.2) is 9.05 Å². The molecule has 0 aliphatic heterocycles. The Labute approximate surface area is 203 Å². The highest BCUT2D eigenvalue weighted by atomic mass is 31.1. The van der Waals surface area contributed by atoms with Gasteiger partial charge in [0.2, 0.25) is 0 Å². The molecule has 0 saturated heterocycles. The monoisotopic (exact) mass is 506 g/mol. The molecule has 1 atom stereocenters. The zero-order valence-corrected chi connectivity index (χ0v) is 21.5. The topological polar surface area (TPSA) is 96.0 Å². The number of carbonyl (C=O) groups excluding carboxylic acids is 2. The lowest BCUT2D eigenvalue weighted by atomic mass is 10.3. The number of para-hydroxylation sites is 3. The van der Waals surface area contributed by atoms with Crippen LogP contribution in [0.4, 0.5) is 0 Å². The maximum absolute atomic E-state index is 11.5. The Balaban J connectivity index is 0. The first-order valence-electron chi connectivity index (χ1n) is 10.4. The van der Waals surface area contributed by atoms with Crippen LogP contribution >= 0.6 is 16.3 Å². The Morgan fingerprint density at radius 1 is 0.588 bits per heavy atom. The molecule has 9 heteroatoms. The molecule has 182 valence electrons. The van der Waals surface area contributed by atoms with Crippen LogP contribution in [0.25, 0.3) is 0 Å². The zero-order chi connectivity index (χ0) is 26.0. The quantitative estimate of drug-likeness (QED) is 0.289. The Morgan fingerprint density at radius 3 is 1.18 bits per heavy atom. The summed E-state index contributed by atoms with van der Waals surface area (Å²) in [6, 6.07) is 27.1. The molecular formula is C25H32O7P2+2. The van der Waals surface area contributed by atoms with E-state index in [0.717, 1.165) is 6.42 Å². The van der Waals surface area contributed by atoms with Crippen molar-refractivity contribution in [3.63, 3.8) is 0 Å². The SMILES string of the molecule is C=O.C=O.CC.CCC[P+](=O)Oc1ccccc1.O=[P+](Oc1ccccc1)Oc1ccccc1. The fourth-order valence-corrected chi connectivity index (χ4v) is 3.42. The summed E-state index contributed by atoms with van der Waals surface area (Å²) in [4.78, 5) is 16.0. The lowest BCUT2D eigenvalue weighted by molar-refractivity contribution is -0.0987. The highest BCUT2D eigenvalue weighted by molar-refractivity contribution is 7.39. The molecule has 0 saturated carbocycles. The highest BCUT2D eigenvalue weighted by Crippen LogP contribution is 2.29. The van der Waals surface area contributed by atoms with Crippen molar-refractivity contribution in [1.82, 2.24) is 0 Å². The third-order valence-corrected chi connectivity index (χ3v) is 5.15.